The van der Waals surface area contributed by atoms with Gasteiger partial charge in [-0.15, -0.1) is 0 Å². The smallest absolute Gasteiger partial charge is 0.120 e. The van der Waals surface area contributed by atoms with Crippen LogP contribution in [0, 0.1) is 0 Å². The van der Waals surface area contributed by atoms with Gasteiger partial charge in [0, 0.05) is 6.54 Å². The zero-order valence-electron chi connectivity index (χ0n) is 10.0. The number of furan rings is 1. The molecule has 1 atom stereocenters. The molecule has 0 saturated heterocycles. The van der Waals surface area contributed by atoms with Gasteiger partial charge in [0.1, 0.15) is 5.76 Å². The lowest BCUT2D eigenvalue weighted by Gasteiger charge is -2.20. The van der Waals surface area contributed by atoms with Crippen molar-refractivity contribution in [2.45, 2.75) is 39.3 Å². The molecular weight excluding hydrogens is 190 g/mol. The van der Waals surface area contributed by atoms with Crippen LogP contribution in [0.25, 0.3) is 0 Å². The van der Waals surface area contributed by atoms with Crippen LogP contribution in [0.4, 0.5) is 0 Å². The van der Waals surface area contributed by atoms with Gasteiger partial charge in [-0.2, -0.15) is 0 Å². The van der Waals surface area contributed by atoms with Gasteiger partial charge in [-0.05, 0) is 39.8 Å². The second-order valence-corrected chi connectivity index (χ2v) is 4.65. The Balaban J connectivity index is 2.16. The quantitative estimate of drug-likeness (QED) is 0.760. The molecule has 0 spiro atoms. The molecule has 1 rings (SSSR count). The van der Waals surface area contributed by atoms with Crippen LogP contribution in [-0.2, 0) is 4.74 Å². The maximum atomic E-state index is 5.60. The highest BCUT2D eigenvalue weighted by atomic mass is 16.5. The van der Waals surface area contributed by atoms with Crippen molar-refractivity contribution in [1.82, 2.24) is 5.32 Å². The van der Waals surface area contributed by atoms with E-state index in [2.05, 4.69) is 33.0 Å². The third kappa shape index (κ3) is 5.00. The summed E-state index contributed by atoms with van der Waals surface area (Å²) in [5.41, 5.74) is -0.0599. The van der Waals surface area contributed by atoms with E-state index in [9.17, 15) is 0 Å². The number of rotatable bonds is 5. The summed E-state index contributed by atoms with van der Waals surface area (Å²) in [5, 5.41) is 3.34. The van der Waals surface area contributed by atoms with Gasteiger partial charge in [-0.25, -0.2) is 0 Å². The van der Waals surface area contributed by atoms with Crippen molar-refractivity contribution in [2.75, 3.05) is 13.2 Å². The molecule has 0 aliphatic rings. The van der Waals surface area contributed by atoms with Gasteiger partial charge >= 0.3 is 0 Å². The van der Waals surface area contributed by atoms with Gasteiger partial charge < -0.3 is 14.5 Å². The normalized spacial score (nSPS) is 14.1. The summed E-state index contributed by atoms with van der Waals surface area (Å²) in [6.07, 6.45) is 1.69. The van der Waals surface area contributed by atoms with Gasteiger partial charge in [0.2, 0.25) is 0 Å². The lowest BCUT2D eigenvalue weighted by molar-refractivity contribution is -0.00164. The summed E-state index contributed by atoms with van der Waals surface area (Å²) in [5.74, 6) is 0.964. The maximum Gasteiger partial charge on any atom is 0.120 e. The van der Waals surface area contributed by atoms with Gasteiger partial charge in [-0.1, -0.05) is 0 Å². The fourth-order valence-corrected chi connectivity index (χ4v) is 1.27. The Morgan fingerprint density at radius 3 is 2.73 bits per heavy atom. The fraction of sp³-hybridized carbons (Fsp3) is 0.667. The molecule has 0 aliphatic heterocycles. The monoisotopic (exact) mass is 211 g/mol. The number of hydrogen-bond acceptors (Lipinski definition) is 3. The van der Waals surface area contributed by atoms with Gasteiger partial charge in [-0.3, -0.25) is 0 Å². The third-order valence-electron chi connectivity index (χ3n) is 2.06. The molecule has 0 saturated carbocycles. The van der Waals surface area contributed by atoms with E-state index in [1.165, 1.54) is 0 Å². The van der Waals surface area contributed by atoms with E-state index < -0.39 is 0 Å². The predicted molar refractivity (Wildman–Crippen MR) is 60.8 cm³/mol. The van der Waals surface area contributed by atoms with Crippen LogP contribution in [0.5, 0.6) is 0 Å². The van der Waals surface area contributed by atoms with Crippen LogP contribution < -0.4 is 5.32 Å². The molecule has 0 bridgehead atoms. The number of ether oxygens (including phenoxy) is 1. The van der Waals surface area contributed by atoms with Crippen LogP contribution in [0.2, 0.25) is 0 Å². The largest absolute Gasteiger partial charge is 0.468 e. The van der Waals surface area contributed by atoms with E-state index in [-0.39, 0.29) is 11.6 Å². The first-order chi connectivity index (χ1) is 6.99. The molecule has 0 radical (unpaired) electrons. The molecule has 15 heavy (non-hydrogen) atoms. The summed E-state index contributed by atoms with van der Waals surface area (Å²) >= 11 is 0. The summed E-state index contributed by atoms with van der Waals surface area (Å²) in [6.45, 7) is 9.80. The van der Waals surface area contributed by atoms with Crippen molar-refractivity contribution in [3.63, 3.8) is 0 Å². The molecule has 0 amide bonds. The molecule has 1 heterocycles. The number of hydrogen-bond donors (Lipinski definition) is 1. The van der Waals surface area contributed by atoms with E-state index in [0.29, 0.717) is 6.61 Å². The highest BCUT2D eigenvalue weighted by molar-refractivity contribution is 5.02. The van der Waals surface area contributed by atoms with E-state index >= 15 is 0 Å². The summed E-state index contributed by atoms with van der Waals surface area (Å²) in [4.78, 5) is 0. The van der Waals surface area contributed by atoms with Crippen molar-refractivity contribution < 1.29 is 9.15 Å². The van der Waals surface area contributed by atoms with Crippen LogP contribution in [0.1, 0.15) is 39.5 Å². The zero-order chi connectivity index (χ0) is 11.3. The molecule has 1 N–H and O–H groups in total. The average molecular weight is 211 g/mol. The maximum absolute atomic E-state index is 5.60. The van der Waals surface area contributed by atoms with E-state index in [1.54, 1.807) is 6.26 Å². The van der Waals surface area contributed by atoms with E-state index in [1.807, 2.05) is 12.1 Å². The minimum atomic E-state index is -0.0599. The minimum Gasteiger partial charge on any atom is -0.468 e. The fourth-order valence-electron chi connectivity index (χ4n) is 1.27. The third-order valence-corrected chi connectivity index (χ3v) is 2.06. The highest BCUT2D eigenvalue weighted by Crippen LogP contribution is 2.12. The first kappa shape index (κ1) is 12.3. The Labute approximate surface area is 91.8 Å². The van der Waals surface area contributed by atoms with E-state index in [0.717, 1.165) is 12.3 Å². The first-order valence-electron chi connectivity index (χ1n) is 5.40. The molecule has 0 aliphatic carbocycles. The van der Waals surface area contributed by atoms with E-state index in [4.69, 9.17) is 9.15 Å². The molecule has 1 aromatic rings. The summed E-state index contributed by atoms with van der Waals surface area (Å²) in [6, 6.07) is 4.12. The minimum absolute atomic E-state index is 0.0599. The van der Waals surface area contributed by atoms with Gasteiger partial charge in [0.05, 0.1) is 24.5 Å². The Kier molecular flexibility index (Phi) is 4.36. The Hall–Kier alpha value is -0.800. The Morgan fingerprint density at radius 2 is 2.20 bits per heavy atom. The topological polar surface area (TPSA) is 34.4 Å². The molecule has 3 heteroatoms. The van der Waals surface area contributed by atoms with Crippen molar-refractivity contribution in [2.24, 2.45) is 0 Å². The van der Waals surface area contributed by atoms with Crippen LogP contribution >= 0.6 is 0 Å². The second kappa shape index (κ2) is 5.33. The summed E-state index contributed by atoms with van der Waals surface area (Å²) < 4.78 is 10.9. The molecular formula is C12H21NO2. The Morgan fingerprint density at radius 1 is 1.47 bits per heavy atom. The first-order valence-corrected chi connectivity index (χ1v) is 5.40. The number of nitrogens with one attached hydrogen (secondary N) is 1. The molecule has 3 nitrogen and oxygen atoms in total. The van der Waals surface area contributed by atoms with Crippen LogP contribution in [0.15, 0.2) is 22.8 Å². The highest BCUT2D eigenvalue weighted by Gasteiger charge is 2.10. The molecule has 0 unspecified atom stereocenters. The Bertz CT molecular complexity index is 262. The lowest BCUT2D eigenvalue weighted by atomic mass is 10.2. The van der Waals surface area contributed by atoms with Crippen molar-refractivity contribution >= 4 is 0 Å². The van der Waals surface area contributed by atoms with Crippen LogP contribution in [-0.4, -0.2) is 18.8 Å². The van der Waals surface area contributed by atoms with Gasteiger partial charge in [0.25, 0.3) is 0 Å². The molecule has 86 valence electrons. The summed E-state index contributed by atoms with van der Waals surface area (Å²) in [7, 11) is 0. The van der Waals surface area contributed by atoms with Gasteiger partial charge in [0.15, 0.2) is 0 Å². The van der Waals surface area contributed by atoms with Crippen molar-refractivity contribution in [1.29, 1.82) is 0 Å². The van der Waals surface area contributed by atoms with Crippen molar-refractivity contribution in [3.8, 4) is 0 Å². The average Bonchev–Trinajstić information content (AvgIpc) is 2.63. The standard InChI is InChI=1S/C12H21NO2/c1-10(11-6-5-8-14-11)13-7-9-15-12(2,3)4/h5-6,8,10,13H,7,9H2,1-4H3/t10-/m1/s1. The van der Waals surface area contributed by atoms with Crippen LogP contribution in [0.3, 0.4) is 0 Å². The molecule has 0 fully saturated rings. The molecule has 1 aromatic heterocycles. The predicted octanol–water partition coefficient (Wildman–Crippen LogP) is 2.75. The second-order valence-electron chi connectivity index (χ2n) is 4.65. The SMILES string of the molecule is C[C@@H](NCCOC(C)(C)C)c1ccco1. The zero-order valence-corrected chi connectivity index (χ0v) is 10.0. The lowest BCUT2D eigenvalue weighted by Crippen LogP contribution is -2.28. The van der Waals surface area contributed by atoms with Crippen molar-refractivity contribution in [3.05, 3.63) is 24.2 Å². The molecule has 0 aromatic carbocycles.